The average Bonchev–Trinajstić information content (AvgIpc) is 3.07. The molecule has 2 heterocycles. The van der Waals surface area contributed by atoms with Crippen LogP contribution in [0.25, 0.3) is 0 Å². The van der Waals surface area contributed by atoms with Gasteiger partial charge in [0.25, 0.3) is 0 Å². The molecule has 2 aliphatic rings. The summed E-state index contributed by atoms with van der Waals surface area (Å²) in [6, 6.07) is 21.0. The van der Waals surface area contributed by atoms with Crippen molar-refractivity contribution in [1.82, 2.24) is 4.31 Å². The number of benzene rings is 3. The molecule has 2 aliphatic heterocycles. The van der Waals surface area contributed by atoms with Crippen LogP contribution < -0.4 is 14.4 Å². The summed E-state index contributed by atoms with van der Waals surface area (Å²) in [5.41, 5.74) is 4.17. The maximum Gasteiger partial charge on any atom is 0.243 e. The van der Waals surface area contributed by atoms with Crippen LogP contribution in [-0.4, -0.2) is 85.2 Å². The Hall–Kier alpha value is -3.15. The third kappa shape index (κ3) is 8.04. The molecule has 0 saturated carbocycles. The summed E-state index contributed by atoms with van der Waals surface area (Å²) in [5, 5.41) is 0. The van der Waals surface area contributed by atoms with E-state index < -0.39 is 10.0 Å². The lowest BCUT2D eigenvalue weighted by atomic mass is 9.82. The zero-order chi connectivity index (χ0) is 32.7. The maximum absolute atomic E-state index is 14.2. The van der Waals surface area contributed by atoms with Crippen molar-refractivity contribution < 1.29 is 32.1 Å². The van der Waals surface area contributed by atoms with Crippen LogP contribution in [0, 0.1) is 6.92 Å². The van der Waals surface area contributed by atoms with Crippen molar-refractivity contribution in [2.75, 3.05) is 59.1 Å². The molecule has 4 atom stereocenters. The predicted octanol–water partition coefficient (Wildman–Crippen LogP) is 5.80. The molecule has 0 radical (unpaired) electrons. The van der Waals surface area contributed by atoms with E-state index in [1.54, 1.807) is 37.8 Å². The van der Waals surface area contributed by atoms with Crippen LogP contribution in [0.4, 0.5) is 5.69 Å². The number of anilines is 1. The Morgan fingerprint density at radius 3 is 2.46 bits per heavy atom. The molecule has 0 aliphatic carbocycles. The lowest BCUT2D eigenvalue weighted by molar-refractivity contribution is -0.0276. The Kier molecular flexibility index (Phi) is 11.6. The van der Waals surface area contributed by atoms with Gasteiger partial charge in [-0.1, -0.05) is 35.9 Å². The third-order valence-electron chi connectivity index (χ3n) is 9.14. The molecule has 0 aromatic heterocycles. The number of fused-ring (bicyclic) bond motifs is 1. The number of ether oxygens (including phenoxy) is 5. The first kappa shape index (κ1) is 34.2. The Bertz CT molecular complexity index is 1510. The van der Waals surface area contributed by atoms with Crippen molar-refractivity contribution in [3.05, 3.63) is 83.4 Å². The SMILES string of the molecule is COCCCN1CCOc2ccc(CO[C@H]3CN(S(=O)(=O)c4ccc(C)cc4)[C@@H](C[C@H](C)OC)C[C@@H]3c3ccc(OC)cc3)cc21. The molecule has 3 aromatic carbocycles. The zero-order valence-electron chi connectivity index (χ0n) is 27.7. The molecule has 0 amide bonds. The fourth-order valence-corrected chi connectivity index (χ4v) is 8.12. The molecule has 3 aromatic rings. The molecule has 0 unspecified atom stereocenters. The molecule has 0 N–H and O–H groups in total. The van der Waals surface area contributed by atoms with E-state index in [9.17, 15) is 8.42 Å². The average molecular weight is 653 g/mol. The van der Waals surface area contributed by atoms with Gasteiger partial charge in [-0.05, 0) is 80.6 Å². The van der Waals surface area contributed by atoms with Crippen LogP contribution in [0.3, 0.4) is 0 Å². The number of methoxy groups -OCH3 is 3. The molecular weight excluding hydrogens is 604 g/mol. The summed E-state index contributed by atoms with van der Waals surface area (Å²) in [6.07, 6.45) is 1.61. The number of hydrogen-bond donors (Lipinski definition) is 0. The minimum absolute atomic E-state index is 0.0315. The lowest BCUT2D eigenvalue weighted by Gasteiger charge is -2.44. The number of piperidine rings is 1. The Labute approximate surface area is 274 Å². The van der Waals surface area contributed by atoms with E-state index >= 15 is 0 Å². The van der Waals surface area contributed by atoms with E-state index in [-0.39, 0.29) is 35.6 Å². The summed E-state index contributed by atoms with van der Waals surface area (Å²) < 4.78 is 59.1. The van der Waals surface area contributed by atoms with Gasteiger partial charge in [0, 0.05) is 45.9 Å². The van der Waals surface area contributed by atoms with Gasteiger partial charge in [0.15, 0.2) is 0 Å². The van der Waals surface area contributed by atoms with Gasteiger partial charge in [0.1, 0.15) is 18.1 Å². The van der Waals surface area contributed by atoms with E-state index in [4.69, 9.17) is 23.7 Å². The smallest absolute Gasteiger partial charge is 0.243 e. The molecule has 46 heavy (non-hydrogen) atoms. The summed E-state index contributed by atoms with van der Waals surface area (Å²) in [4.78, 5) is 2.62. The normalized spacial score (nSPS) is 21.0. The van der Waals surface area contributed by atoms with Crippen molar-refractivity contribution in [3.63, 3.8) is 0 Å². The fraction of sp³-hybridized carbons (Fsp3) is 0.500. The summed E-state index contributed by atoms with van der Waals surface area (Å²) in [6.45, 7) is 7.56. The predicted molar refractivity (Wildman–Crippen MR) is 180 cm³/mol. The van der Waals surface area contributed by atoms with Crippen LogP contribution in [0.15, 0.2) is 71.6 Å². The summed E-state index contributed by atoms with van der Waals surface area (Å²) in [7, 11) is 1.24. The number of nitrogens with zero attached hydrogens (tertiary/aromatic N) is 2. The van der Waals surface area contributed by atoms with Crippen molar-refractivity contribution in [2.45, 2.75) is 68.8 Å². The number of sulfonamides is 1. The molecule has 10 heteroatoms. The molecule has 1 saturated heterocycles. The number of hydrogen-bond acceptors (Lipinski definition) is 8. The topological polar surface area (TPSA) is 86.8 Å². The van der Waals surface area contributed by atoms with Crippen LogP contribution in [0.2, 0.25) is 0 Å². The van der Waals surface area contributed by atoms with Crippen molar-refractivity contribution in [2.24, 2.45) is 0 Å². The molecule has 1 fully saturated rings. The highest BCUT2D eigenvalue weighted by Gasteiger charge is 2.43. The van der Waals surface area contributed by atoms with Gasteiger partial charge in [-0.3, -0.25) is 0 Å². The first-order valence-electron chi connectivity index (χ1n) is 16.1. The molecule has 9 nitrogen and oxygen atoms in total. The molecular formula is C36H48N2O7S. The summed E-state index contributed by atoms with van der Waals surface area (Å²) >= 11 is 0. The van der Waals surface area contributed by atoms with E-state index in [1.807, 2.05) is 50.2 Å². The second-order valence-electron chi connectivity index (χ2n) is 12.3. The fourth-order valence-electron chi connectivity index (χ4n) is 6.46. The quantitative estimate of drug-likeness (QED) is 0.202. The Morgan fingerprint density at radius 2 is 1.76 bits per heavy atom. The van der Waals surface area contributed by atoms with Gasteiger partial charge < -0.3 is 28.6 Å². The van der Waals surface area contributed by atoms with Gasteiger partial charge in [-0.15, -0.1) is 0 Å². The van der Waals surface area contributed by atoms with Crippen LogP contribution in [0.1, 0.15) is 48.8 Å². The molecule has 0 spiro atoms. The highest BCUT2D eigenvalue weighted by atomic mass is 32.2. The van der Waals surface area contributed by atoms with Gasteiger partial charge in [-0.2, -0.15) is 4.31 Å². The molecule has 250 valence electrons. The minimum atomic E-state index is -3.80. The third-order valence-corrected chi connectivity index (χ3v) is 11.1. The van der Waals surface area contributed by atoms with Crippen molar-refractivity contribution in [3.8, 4) is 11.5 Å². The maximum atomic E-state index is 14.2. The van der Waals surface area contributed by atoms with E-state index in [0.29, 0.717) is 32.7 Å². The Balaban J connectivity index is 1.45. The van der Waals surface area contributed by atoms with Gasteiger partial charge in [0.05, 0.1) is 43.1 Å². The zero-order valence-corrected chi connectivity index (χ0v) is 28.5. The standard InChI is InChI=1S/C36H48N2O7S/c1-26-7-14-32(15-8-26)46(39,40)38-24-36(33(23-30(38)21-27(2)42-4)29-10-12-31(43-5)13-11-29)45-25-28-9-16-35-34(22-28)37(18-20-44-35)17-6-19-41-3/h7-16,22,27,30,33,36H,6,17-21,23-25H2,1-5H3/t27-,30-,33+,36-/m0/s1. The minimum Gasteiger partial charge on any atom is -0.497 e. The highest BCUT2D eigenvalue weighted by molar-refractivity contribution is 7.89. The van der Waals surface area contributed by atoms with E-state index in [2.05, 4.69) is 23.1 Å². The first-order chi connectivity index (χ1) is 22.2. The highest BCUT2D eigenvalue weighted by Crippen LogP contribution is 2.40. The van der Waals surface area contributed by atoms with Gasteiger partial charge >= 0.3 is 0 Å². The second-order valence-corrected chi connectivity index (χ2v) is 14.2. The van der Waals surface area contributed by atoms with Crippen LogP contribution in [0.5, 0.6) is 11.5 Å². The Morgan fingerprint density at radius 1 is 1.00 bits per heavy atom. The number of rotatable bonds is 14. The largest absolute Gasteiger partial charge is 0.497 e. The van der Waals surface area contributed by atoms with Crippen molar-refractivity contribution in [1.29, 1.82) is 0 Å². The second kappa shape index (κ2) is 15.6. The molecule has 0 bridgehead atoms. The van der Waals surface area contributed by atoms with Crippen LogP contribution >= 0.6 is 0 Å². The van der Waals surface area contributed by atoms with Gasteiger partial charge in [0.2, 0.25) is 10.0 Å². The monoisotopic (exact) mass is 652 g/mol. The summed E-state index contributed by atoms with van der Waals surface area (Å²) in [5.74, 6) is 1.61. The lowest BCUT2D eigenvalue weighted by Crippen LogP contribution is -2.53. The van der Waals surface area contributed by atoms with E-state index in [0.717, 1.165) is 53.4 Å². The molecule has 5 rings (SSSR count). The number of aryl methyl sites for hydroxylation is 1. The van der Waals surface area contributed by atoms with Crippen molar-refractivity contribution >= 4 is 15.7 Å². The van der Waals surface area contributed by atoms with E-state index in [1.165, 1.54) is 0 Å². The van der Waals surface area contributed by atoms with Gasteiger partial charge in [-0.25, -0.2) is 8.42 Å². The first-order valence-corrected chi connectivity index (χ1v) is 17.5. The van der Waals surface area contributed by atoms with Crippen LogP contribution in [-0.2, 0) is 30.8 Å².